The predicted molar refractivity (Wildman–Crippen MR) is 99.4 cm³/mol. The van der Waals surface area contributed by atoms with Crippen LogP contribution in [-0.2, 0) is 10.0 Å². The van der Waals surface area contributed by atoms with Gasteiger partial charge in [0.15, 0.2) is 5.49 Å². The summed E-state index contributed by atoms with van der Waals surface area (Å²) in [5.41, 5.74) is 10.8. The molecule has 0 aliphatic rings. The zero-order valence-corrected chi connectivity index (χ0v) is 15.2. The number of sulfonamides is 1. The molecule has 29 heavy (non-hydrogen) atoms. The Kier molecular flexibility index (Phi) is 4.65. The van der Waals surface area contributed by atoms with Crippen LogP contribution in [-0.4, -0.2) is 23.3 Å². The van der Waals surface area contributed by atoms with E-state index in [1.54, 1.807) is 12.1 Å². The van der Waals surface area contributed by atoms with Gasteiger partial charge in [0.2, 0.25) is 10.0 Å². The highest BCUT2D eigenvalue weighted by Crippen LogP contribution is 2.25. The summed E-state index contributed by atoms with van der Waals surface area (Å²) < 4.78 is 22.6. The largest absolute Gasteiger partial charge is 0.396 e. The molecule has 7 N–H and O–H groups in total. The number of fused-ring (bicyclic) bond motifs is 1. The van der Waals surface area contributed by atoms with Crippen molar-refractivity contribution in [2.45, 2.75) is 4.90 Å². The Morgan fingerprint density at radius 2 is 1.69 bits per heavy atom. The summed E-state index contributed by atoms with van der Waals surface area (Å²) in [5.74, 6) is -0.190. The summed E-state index contributed by atoms with van der Waals surface area (Å²) >= 11 is 0. The Hall–Kier alpha value is -4.40. The molecule has 14 heteroatoms. The quantitative estimate of drug-likeness (QED) is 0.428. The highest BCUT2D eigenvalue weighted by molar-refractivity contribution is 7.89. The van der Waals surface area contributed by atoms with Crippen molar-refractivity contribution in [2.75, 3.05) is 11.5 Å². The number of hydrogen-bond donors (Lipinski definition) is 4. The summed E-state index contributed by atoms with van der Waals surface area (Å²) in [7, 11) is -3.85. The van der Waals surface area contributed by atoms with Gasteiger partial charge < -0.3 is 11.5 Å². The molecule has 0 fully saturated rings. The highest BCUT2D eigenvalue weighted by atomic mass is 32.2. The van der Waals surface area contributed by atoms with Crippen molar-refractivity contribution in [2.24, 2.45) is 15.5 Å². The number of pyridine rings is 1. The van der Waals surface area contributed by atoms with Crippen molar-refractivity contribution in [3.8, 4) is 12.1 Å². The van der Waals surface area contributed by atoms with Crippen LogP contribution in [0.15, 0.2) is 39.5 Å². The summed E-state index contributed by atoms with van der Waals surface area (Å²) in [6, 6.07) is 8.74. The van der Waals surface area contributed by atoms with E-state index in [2.05, 4.69) is 20.4 Å². The molecule has 0 unspecified atom stereocenters. The number of nitriles is 2. The Labute approximate surface area is 162 Å². The van der Waals surface area contributed by atoms with Crippen LogP contribution in [0.2, 0.25) is 0 Å². The molecule has 0 aliphatic heterocycles. The molecule has 3 rings (SSSR count). The van der Waals surface area contributed by atoms with Crippen molar-refractivity contribution < 1.29 is 8.42 Å². The Bertz CT molecular complexity index is 1430. The topological polar surface area (TPSA) is 239 Å². The third kappa shape index (κ3) is 3.44. The van der Waals surface area contributed by atoms with Crippen LogP contribution >= 0.6 is 0 Å². The SMILES string of the molecule is N#Cc1c(N)nc2c(C#N)c(=N)n(N=Nc3ccc(S(N)(=O)=O)cc3)nc2c1N. The summed E-state index contributed by atoms with van der Waals surface area (Å²) in [4.78, 5) is 4.56. The standard InChI is InChI=1S/C15H11N11O2S/c16-5-9-11(18)13-12(22-14(9)19)10(6-17)15(20)26(24-13)25-23-7-1-3-8(4-2-7)29(21,27)28/h1-4,20H,18H2,(H2,19,22)(H2,21,27,28). The number of nitrogens with zero attached hydrogens (tertiary/aromatic N) is 7. The second kappa shape index (κ2) is 6.97. The first-order valence-corrected chi connectivity index (χ1v) is 9.13. The molecule has 0 radical (unpaired) electrons. The van der Waals surface area contributed by atoms with Crippen LogP contribution in [0, 0.1) is 28.1 Å². The zero-order valence-electron chi connectivity index (χ0n) is 14.4. The number of benzene rings is 1. The van der Waals surface area contributed by atoms with Crippen molar-refractivity contribution >= 4 is 38.2 Å². The van der Waals surface area contributed by atoms with E-state index in [0.29, 0.717) is 0 Å². The molecule has 1 aromatic carbocycles. The smallest absolute Gasteiger partial charge is 0.238 e. The summed E-state index contributed by atoms with van der Waals surface area (Å²) in [5, 5.41) is 43.3. The maximum atomic E-state index is 11.3. The van der Waals surface area contributed by atoms with Gasteiger partial charge in [-0.2, -0.15) is 10.5 Å². The molecular weight excluding hydrogens is 398 g/mol. The molecule has 0 bridgehead atoms. The normalized spacial score (nSPS) is 11.4. The van der Waals surface area contributed by atoms with E-state index >= 15 is 0 Å². The fourth-order valence-corrected chi connectivity index (χ4v) is 2.85. The molecule has 2 heterocycles. The Morgan fingerprint density at radius 3 is 2.24 bits per heavy atom. The number of aromatic nitrogens is 3. The summed E-state index contributed by atoms with van der Waals surface area (Å²) in [6.07, 6.45) is 0. The van der Waals surface area contributed by atoms with Gasteiger partial charge in [0.1, 0.15) is 40.1 Å². The molecule has 0 atom stereocenters. The first-order valence-electron chi connectivity index (χ1n) is 7.59. The number of nitrogen functional groups attached to an aromatic ring is 2. The molecule has 0 saturated heterocycles. The fraction of sp³-hybridized carbons (Fsp3) is 0. The molecule has 0 aliphatic carbocycles. The molecule has 144 valence electrons. The third-order valence-corrected chi connectivity index (χ3v) is 4.67. The van der Waals surface area contributed by atoms with Crippen LogP contribution < -0.4 is 22.1 Å². The number of nitrogens with one attached hydrogen (secondary N) is 1. The number of nitrogens with two attached hydrogens (primary N) is 3. The van der Waals surface area contributed by atoms with Gasteiger partial charge in [-0.3, -0.25) is 5.41 Å². The first kappa shape index (κ1) is 19.4. The minimum atomic E-state index is -3.85. The van der Waals surface area contributed by atoms with Gasteiger partial charge in [0, 0.05) is 0 Å². The highest BCUT2D eigenvalue weighted by Gasteiger charge is 2.18. The summed E-state index contributed by atoms with van der Waals surface area (Å²) in [6.45, 7) is 0. The predicted octanol–water partition coefficient (Wildman–Crippen LogP) is 0.0129. The minimum absolute atomic E-state index is 0.0459. The van der Waals surface area contributed by atoms with Crippen molar-refractivity contribution in [1.29, 1.82) is 15.9 Å². The van der Waals surface area contributed by atoms with E-state index in [9.17, 15) is 13.7 Å². The molecule has 0 saturated carbocycles. The molecule has 13 nitrogen and oxygen atoms in total. The third-order valence-electron chi connectivity index (χ3n) is 3.74. The van der Waals surface area contributed by atoms with Crippen molar-refractivity contribution in [1.82, 2.24) is 14.9 Å². The maximum absolute atomic E-state index is 11.3. The van der Waals surface area contributed by atoms with Gasteiger partial charge in [0.05, 0.1) is 16.3 Å². The van der Waals surface area contributed by atoms with Gasteiger partial charge in [-0.05, 0) is 29.5 Å². The van der Waals surface area contributed by atoms with Crippen LogP contribution in [0.5, 0.6) is 0 Å². The lowest BCUT2D eigenvalue weighted by Gasteiger charge is -2.08. The lowest BCUT2D eigenvalue weighted by atomic mass is 10.1. The van der Waals surface area contributed by atoms with Crippen LogP contribution in [0.3, 0.4) is 0 Å². The van der Waals surface area contributed by atoms with Gasteiger partial charge in [-0.25, -0.2) is 18.5 Å². The van der Waals surface area contributed by atoms with E-state index < -0.39 is 15.5 Å². The van der Waals surface area contributed by atoms with Gasteiger partial charge in [-0.15, -0.1) is 15.0 Å². The molecular formula is C15H11N11O2S. The van der Waals surface area contributed by atoms with Crippen LogP contribution in [0.25, 0.3) is 11.0 Å². The fourth-order valence-electron chi connectivity index (χ4n) is 2.33. The van der Waals surface area contributed by atoms with Gasteiger partial charge in [-0.1, -0.05) is 0 Å². The van der Waals surface area contributed by atoms with Crippen LogP contribution in [0.4, 0.5) is 17.2 Å². The van der Waals surface area contributed by atoms with Crippen LogP contribution in [0.1, 0.15) is 11.1 Å². The van der Waals surface area contributed by atoms with Crippen molar-refractivity contribution in [3.05, 3.63) is 40.9 Å². The van der Waals surface area contributed by atoms with Gasteiger partial charge >= 0.3 is 0 Å². The number of primary sulfonamides is 1. The van der Waals surface area contributed by atoms with Gasteiger partial charge in [0.25, 0.3) is 0 Å². The van der Waals surface area contributed by atoms with E-state index in [0.717, 1.165) is 4.79 Å². The Morgan fingerprint density at radius 1 is 1.07 bits per heavy atom. The zero-order chi connectivity index (χ0) is 21.3. The average molecular weight is 409 g/mol. The monoisotopic (exact) mass is 409 g/mol. The lowest BCUT2D eigenvalue weighted by Crippen LogP contribution is -2.23. The molecule has 2 aromatic heterocycles. The maximum Gasteiger partial charge on any atom is 0.238 e. The molecule has 3 aromatic rings. The lowest BCUT2D eigenvalue weighted by molar-refractivity contribution is 0.598. The number of rotatable bonds is 3. The van der Waals surface area contributed by atoms with E-state index in [-0.39, 0.29) is 44.2 Å². The minimum Gasteiger partial charge on any atom is -0.396 e. The second-order valence-corrected chi connectivity index (χ2v) is 7.11. The molecule has 0 amide bonds. The number of anilines is 2. The second-order valence-electron chi connectivity index (χ2n) is 5.55. The average Bonchev–Trinajstić information content (AvgIpc) is 2.67. The molecule has 0 spiro atoms. The Balaban J connectivity index is 2.16. The van der Waals surface area contributed by atoms with E-state index in [1.807, 2.05) is 0 Å². The number of hydrogen-bond acceptors (Lipinski definition) is 11. The first-order chi connectivity index (χ1) is 13.7. The van der Waals surface area contributed by atoms with E-state index in [4.69, 9.17) is 27.3 Å². The van der Waals surface area contributed by atoms with E-state index in [1.165, 1.54) is 24.3 Å². The van der Waals surface area contributed by atoms with Crippen molar-refractivity contribution in [3.63, 3.8) is 0 Å².